The van der Waals surface area contributed by atoms with E-state index in [2.05, 4.69) is 5.32 Å². The molecule has 28 heavy (non-hydrogen) atoms. The van der Waals surface area contributed by atoms with Gasteiger partial charge >= 0.3 is 5.97 Å². The summed E-state index contributed by atoms with van der Waals surface area (Å²) in [6, 6.07) is 13.0. The maximum Gasteiger partial charge on any atom is 0.339 e. The van der Waals surface area contributed by atoms with Crippen molar-refractivity contribution < 1.29 is 27.8 Å². The van der Waals surface area contributed by atoms with Crippen molar-refractivity contribution in [3.05, 3.63) is 71.8 Å². The lowest BCUT2D eigenvalue weighted by atomic mass is 10.0. The Kier molecular flexibility index (Phi) is 5.54. The Balaban J connectivity index is 1.78. The molecule has 3 aromatic carbocycles. The number of amides is 1. The van der Waals surface area contributed by atoms with Gasteiger partial charge < -0.3 is 14.8 Å². The fourth-order valence-electron chi connectivity index (χ4n) is 2.73. The second-order valence-corrected chi connectivity index (χ2v) is 6.02. The minimum absolute atomic E-state index is 0.257. The van der Waals surface area contributed by atoms with E-state index in [1.54, 1.807) is 30.3 Å². The van der Waals surface area contributed by atoms with Crippen LogP contribution in [0.15, 0.2) is 54.6 Å². The van der Waals surface area contributed by atoms with Crippen molar-refractivity contribution in [2.45, 2.75) is 13.0 Å². The summed E-state index contributed by atoms with van der Waals surface area (Å²) in [5.41, 5.74) is -0.0733. The Morgan fingerprint density at radius 1 is 1.00 bits per heavy atom. The van der Waals surface area contributed by atoms with Gasteiger partial charge in [-0.3, -0.25) is 4.79 Å². The van der Waals surface area contributed by atoms with Gasteiger partial charge in [-0.25, -0.2) is 13.6 Å². The molecule has 0 aliphatic rings. The van der Waals surface area contributed by atoms with E-state index in [4.69, 9.17) is 9.47 Å². The molecule has 0 aliphatic heterocycles. The molecule has 0 bridgehead atoms. The molecule has 144 valence electrons. The largest absolute Gasteiger partial charge is 0.496 e. The molecule has 0 saturated carbocycles. The minimum Gasteiger partial charge on any atom is -0.496 e. The van der Waals surface area contributed by atoms with Crippen molar-refractivity contribution in [1.82, 2.24) is 0 Å². The third-order valence-corrected chi connectivity index (χ3v) is 4.16. The van der Waals surface area contributed by atoms with Crippen LogP contribution in [0.5, 0.6) is 5.75 Å². The topological polar surface area (TPSA) is 64.6 Å². The molecule has 0 unspecified atom stereocenters. The highest BCUT2D eigenvalue weighted by Gasteiger charge is 2.22. The Hall–Kier alpha value is -3.48. The highest BCUT2D eigenvalue weighted by atomic mass is 19.1. The number of anilines is 1. The Labute approximate surface area is 159 Å². The quantitative estimate of drug-likeness (QED) is 0.665. The van der Waals surface area contributed by atoms with Crippen LogP contribution in [0.1, 0.15) is 17.3 Å². The second kappa shape index (κ2) is 8.04. The number of carbonyl (C=O) groups excluding carboxylic acids is 2. The third-order valence-electron chi connectivity index (χ3n) is 4.16. The molecule has 7 heteroatoms. The van der Waals surface area contributed by atoms with Crippen molar-refractivity contribution in [2.24, 2.45) is 0 Å². The summed E-state index contributed by atoms with van der Waals surface area (Å²) >= 11 is 0. The van der Waals surface area contributed by atoms with E-state index >= 15 is 0 Å². The summed E-state index contributed by atoms with van der Waals surface area (Å²) in [6.07, 6.45) is -1.23. The predicted molar refractivity (Wildman–Crippen MR) is 100 cm³/mol. The number of nitrogens with one attached hydrogen (secondary N) is 1. The van der Waals surface area contributed by atoms with Crippen LogP contribution in [-0.4, -0.2) is 25.1 Å². The average Bonchev–Trinajstić information content (AvgIpc) is 2.69. The van der Waals surface area contributed by atoms with Crippen LogP contribution in [0.2, 0.25) is 0 Å². The van der Waals surface area contributed by atoms with Crippen molar-refractivity contribution >= 4 is 28.3 Å². The fraction of sp³-hybridized carbons (Fsp3) is 0.143. The van der Waals surface area contributed by atoms with E-state index in [-0.39, 0.29) is 11.3 Å². The average molecular weight is 385 g/mol. The molecule has 0 radical (unpaired) electrons. The van der Waals surface area contributed by atoms with E-state index < -0.39 is 29.6 Å². The zero-order valence-corrected chi connectivity index (χ0v) is 15.2. The molecule has 0 spiro atoms. The first-order valence-electron chi connectivity index (χ1n) is 8.43. The Bertz CT molecular complexity index is 1050. The number of benzene rings is 3. The summed E-state index contributed by atoms with van der Waals surface area (Å²) in [4.78, 5) is 24.8. The molecule has 1 amide bonds. The number of esters is 1. The van der Waals surface area contributed by atoms with Crippen molar-refractivity contribution in [3.8, 4) is 5.75 Å². The van der Waals surface area contributed by atoms with Crippen molar-refractivity contribution in [2.75, 3.05) is 12.4 Å². The van der Waals surface area contributed by atoms with Crippen molar-refractivity contribution in [1.29, 1.82) is 0 Å². The van der Waals surface area contributed by atoms with Crippen LogP contribution in [0.4, 0.5) is 14.5 Å². The summed E-state index contributed by atoms with van der Waals surface area (Å²) < 4.78 is 37.4. The Morgan fingerprint density at radius 2 is 1.71 bits per heavy atom. The van der Waals surface area contributed by atoms with Gasteiger partial charge in [0.1, 0.15) is 17.4 Å². The van der Waals surface area contributed by atoms with Crippen LogP contribution in [-0.2, 0) is 9.53 Å². The number of hydrogen-bond acceptors (Lipinski definition) is 4. The first-order valence-corrected chi connectivity index (χ1v) is 8.43. The normalized spacial score (nSPS) is 11.7. The summed E-state index contributed by atoms with van der Waals surface area (Å²) in [6.45, 7) is 1.34. The smallest absolute Gasteiger partial charge is 0.339 e. The van der Waals surface area contributed by atoms with Gasteiger partial charge in [-0.05, 0) is 36.6 Å². The molecule has 1 N–H and O–H groups in total. The number of ether oxygens (including phenoxy) is 2. The standard InChI is InChI=1S/C21H17F2NO4/c1-12(20(25)24-18-11-13(22)7-9-17(18)23)28-21(26)16-8-10-19(27-2)15-6-4-3-5-14(15)16/h3-12H,1-2H3,(H,24,25)/t12-/m1/s1. The fourth-order valence-corrected chi connectivity index (χ4v) is 2.73. The number of fused-ring (bicyclic) bond motifs is 1. The SMILES string of the molecule is COc1ccc(C(=O)O[C@H](C)C(=O)Nc2cc(F)ccc2F)c2ccccc12. The third kappa shape index (κ3) is 3.93. The first kappa shape index (κ1) is 19.3. The molecular weight excluding hydrogens is 368 g/mol. The molecule has 5 nitrogen and oxygen atoms in total. The number of hydrogen-bond donors (Lipinski definition) is 1. The van der Waals surface area contributed by atoms with Gasteiger partial charge in [-0.1, -0.05) is 24.3 Å². The molecule has 3 rings (SSSR count). The molecule has 0 fully saturated rings. The lowest BCUT2D eigenvalue weighted by Crippen LogP contribution is -2.30. The Morgan fingerprint density at radius 3 is 2.43 bits per heavy atom. The summed E-state index contributed by atoms with van der Waals surface area (Å²) in [7, 11) is 1.53. The van der Waals surface area contributed by atoms with Crippen LogP contribution < -0.4 is 10.1 Å². The summed E-state index contributed by atoms with van der Waals surface area (Å²) in [5.74, 6) is -2.41. The number of rotatable bonds is 5. The first-order chi connectivity index (χ1) is 13.4. The summed E-state index contributed by atoms with van der Waals surface area (Å²) in [5, 5.41) is 3.54. The number of methoxy groups -OCH3 is 1. The van der Waals surface area contributed by atoms with Crippen LogP contribution in [0, 0.1) is 11.6 Å². The van der Waals surface area contributed by atoms with E-state index in [1.807, 2.05) is 6.07 Å². The minimum atomic E-state index is -1.23. The van der Waals surface area contributed by atoms with Crippen LogP contribution in [0.3, 0.4) is 0 Å². The van der Waals surface area contributed by atoms with E-state index in [1.165, 1.54) is 14.0 Å². The maximum absolute atomic E-state index is 13.7. The van der Waals surface area contributed by atoms with Gasteiger partial charge in [-0.2, -0.15) is 0 Å². The molecule has 0 saturated heterocycles. The van der Waals surface area contributed by atoms with Crippen molar-refractivity contribution in [3.63, 3.8) is 0 Å². The zero-order valence-electron chi connectivity index (χ0n) is 15.2. The molecule has 0 aliphatic carbocycles. The molecular formula is C21H17F2NO4. The van der Waals surface area contributed by atoms with Gasteiger partial charge in [0.2, 0.25) is 0 Å². The molecule has 0 aromatic heterocycles. The van der Waals surface area contributed by atoms with Gasteiger partial charge in [0.05, 0.1) is 18.4 Å². The highest BCUT2D eigenvalue weighted by Crippen LogP contribution is 2.29. The van der Waals surface area contributed by atoms with Gasteiger partial charge in [-0.15, -0.1) is 0 Å². The van der Waals surface area contributed by atoms with E-state index in [0.717, 1.165) is 23.6 Å². The molecule has 3 aromatic rings. The highest BCUT2D eigenvalue weighted by molar-refractivity contribution is 6.07. The lowest BCUT2D eigenvalue weighted by Gasteiger charge is -2.15. The molecule has 0 heterocycles. The number of carbonyl (C=O) groups is 2. The van der Waals surface area contributed by atoms with Crippen LogP contribution >= 0.6 is 0 Å². The second-order valence-electron chi connectivity index (χ2n) is 6.02. The lowest BCUT2D eigenvalue weighted by molar-refractivity contribution is -0.123. The van der Waals surface area contributed by atoms with Gasteiger partial charge in [0, 0.05) is 11.5 Å². The molecule has 1 atom stereocenters. The van der Waals surface area contributed by atoms with Crippen LogP contribution in [0.25, 0.3) is 10.8 Å². The van der Waals surface area contributed by atoms with Gasteiger partial charge in [0.25, 0.3) is 5.91 Å². The maximum atomic E-state index is 13.7. The van der Waals surface area contributed by atoms with E-state index in [0.29, 0.717) is 11.1 Å². The predicted octanol–water partition coefficient (Wildman–Crippen LogP) is 4.31. The monoisotopic (exact) mass is 385 g/mol. The van der Waals surface area contributed by atoms with E-state index in [9.17, 15) is 18.4 Å². The number of halogens is 2. The van der Waals surface area contributed by atoms with Gasteiger partial charge in [0.15, 0.2) is 6.10 Å². The zero-order chi connectivity index (χ0) is 20.3.